The highest BCUT2D eigenvalue weighted by atomic mass is 16.5. The van der Waals surface area contributed by atoms with E-state index >= 15 is 0 Å². The lowest BCUT2D eigenvalue weighted by Gasteiger charge is -2.39. The first-order chi connectivity index (χ1) is 9.99. The van der Waals surface area contributed by atoms with Crippen LogP contribution in [0.1, 0.15) is 37.0 Å². The molecule has 1 aliphatic carbocycles. The maximum absolute atomic E-state index is 13.0. The molecular weight excluding hydrogens is 266 g/mol. The first-order valence-corrected chi connectivity index (χ1v) is 7.14. The third-order valence-corrected chi connectivity index (χ3v) is 4.80. The zero-order chi connectivity index (χ0) is 15.2. The number of carbonyl (C=O) groups is 2. The Kier molecular flexibility index (Phi) is 3.12. The molecule has 1 aliphatic heterocycles. The van der Waals surface area contributed by atoms with Crippen LogP contribution in [0.15, 0.2) is 35.4 Å². The molecule has 1 aromatic rings. The lowest BCUT2D eigenvalue weighted by molar-refractivity contribution is -0.147. The molecule has 0 fully saturated rings. The quantitative estimate of drug-likeness (QED) is 0.636. The van der Waals surface area contributed by atoms with Gasteiger partial charge in [-0.15, -0.1) is 0 Å². The summed E-state index contributed by atoms with van der Waals surface area (Å²) < 4.78 is 4.95. The Morgan fingerprint density at radius 3 is 2.67 bits per heavy atom. The first kappa shape index (κ1) is 13.9. The van der Waals surface area contributed by atoms with Gasteiger partial charge in [-0.05, 0) is 38.8 Å². The second kappa shape index (κ2) is 4.72. The molecule has 21 heavy (non-hydrogen) atoms. The zero-order valence-electron chi connectivity index (χ0n) is 12.5. The molecule has 0 saturated heterocycles. The molecule has 4 heteroatoms. The highest BCUT2D eigenvalue weighted by Crippen LogP contribution is 2.46. The Bertz CT molecular complexity index is 662. The van der Waals surface area contributed by atoms with Crippen molar-refractivity contribution in [1.29, 1.82) is 0 Å². The molecule has 0 radical (unpaired) electrons. The molecule has 1 aromatic carbocycles. The topological polar surface area (TPSA) is 55.4 Å². The fraction of sp³-hybridized carbons (Fsp3) is 0.412. The van der Waals surface area contributed by atoms with Crippen LogP contribution in [0.3, 0.4) is 0 Å². The van der Waals surface area contributed by atoms with Crippen LogP contribution in [0.25, 0.3) is 0 Å². The number of benzene rings is 1. The Morgan fingerprint density at radius 2 is 2.00 bits per heavy atom. The van der Waals surface area contributed by atoms with Crippen LogP contribution in [0, 0.1) is 5.92 Å². The van der Waals surface area contributed by atoms with Crippen molar-refractivity contribution < 1.29 is 14.3 Å². The number of esters is 1. The second-order valence-electron chi connectivity index (χ2n) is 5.99. The normalized spacial score (nSPS) is 27.6. The number of nitrogens with one attached hydrogen (secondary N) is 1. The Balaban J connectivity index is 2.11. The smallest absolute Gasteiger partial charge is 0.311 e. The number of rotatable bonds is 1. The van der Waals surface area contributed by atoms with Crippen LogP contribution in [0.2, 0.25) is 0 Å². The summed E-state index contributed by atoms with van der Waals surface area (Å²) in [5.74, 6) is -0.804. The van der Waals surface area contributed by atoms with E-state index in [9.17, 15) is 9.59 Å². The minimum atomic E-state index is -0.889. The van der Waals surface area contributed by atoms with E-state index in [1.54, 1.807) is 0 Å². The average Bonchev–Trinajstić information content (AvgIpc) is 2.76. The highest BCUT2D eigenvalue weighted by molar-refractivity contribution is 6.15. The van der Waals surface area contributed by atoms with Crippen molar-refractivity contribution in [2.24, 2.45) is 5.92 Å². The fourth-order valence-electron chi connectivity index (χ4n) is 3.47. The summed E-state index contributed by atoms with van der Waals surface area (Å²) in [6.45, 7) is 4.05. The van der Waals surface area contributed by atoms with Crippen molar-refractivity contribution in [2.45, 2.75) is 32.2 Å². The molecule has 1 unspecified atom stereocenters. The minimum absolute atomic E-state index is 0.000324. The summed E-state index contributed by atoms with van der Waals surface area (Å²) in [7, 11) is 1.38. The third kappa shape index (κ3) is 1.89. The molecule has 1 spiro atoms. The van der Waals surface area contributed by atoms with Crippen molar-refractivity contribution in [3.8, 4) is 0 Å². The Morgan fingerprint density at radius 1 is 1.29 bits per heavy atom. The third-order valence-electron chi connectivity index (χ3n) is 4.80. The van der Waals surface area contributed by atoms with Gasteiger partial charge in [-0.1, -0.05) is 23.3 Å². The summed E-state index contributed by atoms with van der Waals surface area (Å²) >= 11 is 0. The van der Waals surface area contributed by atoms with Crippen LogP contribution in [0.5, 0.6) is 0 Å². The molecule has 3 rings (SSSR count). The van der Waals surface area contributed by atoms with Gasteiger partial charge in [-0.2, -0.15) is 0 Å². The predicted octanol–water partition coefficient (Wildman–Crippen LogP) is 2.95. The molecule has 0 aromatic heterocycles. The van der Waals surface area contributed by atoms with Crippen molar-refractivity contribution in [2.75, 3.05) is 12.4 Å². The molecule has 4 nitrogen and oxygen atoms in total. The Hall–Kier alpha value is -2.10. The van der Waals surface area contributed by atoms with E-state index < -0.39 is 11.5 Å². The average molecular weight is 285 g/mol. The van der Waals surface area contributed by atoms with Gasteiger partial charge in [0.15, 0.2) is 5.78 Å². The number of hydrogen-bond donors (Lipinski definition) is 1. The number of carbonyl (C=O) groups excluding carboxylic acids is 2. The molecule has 0 saturated carbocycles. The zero-order valence-corrected chi connectivity index (χ0v) is 12.5. The summed E-state index contributed by atoms with van der Waals surface area (Å²) in [6.07, 6.45) is 1.11. The van der Waals surface area contributed by atoms with Gasteiger partial charge in [0.2, 0.25) is 0 Å². The van der Waals surface area contributed by atoms with Gasteiger partial charge in [0.1, 0.15) is 5.54 Å². The number of fused-ring (bicyclic) bond motifs is 1. The number of allylic oxidation sites excluding steroid dienone is 1. The number of ketones is 1. The fourth-order valence-corrected chi connectivity index (χ4v) is 3.47. The predicted molar refractivity (Wildman–Crippen MR) is 80.2 cm³/mol. The van der Waals surface area contributed by atoms with Crippen LogP contribution in [-0.4, -0.2) is 24.4 Å². The SMILES string of the molecule is COC(=O)[C@H]1CC(C)=C(C)CC12Nc1ccccc1C2=O. The van der Waals surface area contributed by atoms with Crippen molar-refractivity contribution >= 4 is 17.4 Å². The van der Waals surface area contributed by atoms with Gasteiger partial charge in [0.05, 0.1) is 13.0 Å². The molecule has 110 valence electrons. The van der Waals surface area contributed by atoms with E-state index in [4.69, 9.17) is 4.74 Å². The van der Waals surface area contributed by atoms with Gasteiger partial charge in [-0.25, -0.2) is 0 Å². The van der Waals surface area contributed by atoms with E-state index in [1.807, 2.05) is 38.1 Å². The number of ether oxygens (including phenoxy) is 1. The second-order valence-corrected chi connectivity index (χ2v) is 5.99. The highest BCUT2D eigenvalue weighted by Gasteiger charge is 2.55. The van der Waals surface area contributed by atoms with Gasteiger partial charge < -0.3 is 10.1 Å². The summed E-state index contributed by atoms with van der Waals surface area (Å²) in [5, 5.41) is 3.33. The van der Waals surface area contributed by atoms with E-state index in [-0.39, 0.29) is 11.8 Å². The van der Waals surface area contributed by atoms with Crippen LogP contribution in [-0.2, 0) is 9.53 Å². The van der Waals surface area contributed by atoms with Crippen LogP contribution < -0.4 is 5.32 Å². The Labute approximate surface area is 124 Å². The molecule has 1 heterocycles. The summed E-state index contributed by atoms with van der Waals surface area (Å²) in [4.78, 5) is 25.2. The van der Waals surface area contributed by atoms with Crippen LogP contribution in [0.4, 0.5) is 5.69 Å². The minimum Gasteiger partial charge on any atom is -0.469 e. The van der Waals surface area contributed by atoms with Crippen molar-refractivity contribution in [1.82, 2.24) is 0 Å². The van der Waals surface area contributed by atoms with E-state index in [0.717, 1.165) is 5.69 Å². The van der Waals surface area contributed by atoms with Crippen molar-refractivity contribution in [3.05, 3.63) is 41.0 Å². The van der Waals surface area contributed by atoms with E-state index in [1.165, 1.54) is 18.3 Å². The summed E-state index contributed by atoms with van der Waals surface area (Å²) in [5.41, 5.74) is 2.92. The molecule has 0 bridgehead atoms. The van der Waals surface area contributed by atoms with Gasteiger partial charge in [0, 0.05) is 11.3 Å². The lowest BCUT2D eigenvalue weighted by atomic mass is 9.69. The monoisotopic (exact) mass is 285 g/mol. The maximum Gasteiger partial charge on any atom is 0.311 e. The number of para-hydroxylation sites is 1. The maximum atomic E-state index is 13.0. The number of methoxy groups -OCH3 is 1. The van der Waals surface area contributed by atoms with Crippen LogP contribution >= 0.6 is 0 Å². The number of Topliss-reactive ketones (excluding diaryl/α,β-unsaturated/α-hetero) is 1. The van der Waals surface area contributed by atoms with E-state index in [0.29, 0.717) is 18.4 Å². The van der Waals surface area contributed by atoms with Gasteiger partial charge >= 0.3 is 5.97 Å². The molecule has 1 N–H and O–H groups in total. The molecule has 0 amide bonds. The van der Waals surface area contributed by atoms with Crippen molar-refractivity contribution in [3.63, 3.8) is 0 Å². The molecule has 2 aliphatic rings. The van der Waals surface area contributed by atoms with E-state index in [2.05, 4.69) is 5.32 Å². The molecule has 2 atom stereocenters. The first-order valence-electron chi connectivity index (χ1n) is 7.14. The van der Waals surface area contributed by atoms with Gasteiger partial charge in [-0.3, -0.25) is 9.59 Å². The number of hydrogen-bond acceptors (Lipinski definition) is 4. The number of anilines is 1. The largest absolute Gasteiger partial charge is 0.469 e. The van der Waals surface area contributed by atoms with Gasteiger partial charge in [0.25, 0.3) is 0 Å². The lowest BCUT2D eigenvalue weighted by Crippen LogP contribution is -2.54. The molecular formula is C17H19NO3. The standard InChI is InChI=1S/C17H19NO3/c1-10-8-13(16(20)21-3)17(9-11(10)2)15(19)12-6-4-5-7-14(12)18-17/h4-7,13,18H,8-9H2,1-3H3/t13-,17?/m1/s1. The summed E-state index contributed by atoms with van der Waals surface area (Å²) in [6, 6.07) is 7.44.